The minimum atomic E-state index is -4.48. The van der Waals surface area contributed by atoms with E-state index in [9.17, 15) is 13.2 Å². The quantitative estimate of drug-likeness (QED) is 0.901. The summed E-state index contributed by atoms with van der Waals surface area (Å²) in [6.07, 6.45) is -4.48. The van der Waals surface area contributed by atoms with E-state index in [4.69, 9.17) is 5.73 Å². The molecule has 2 N–H and O–H groups in total. The molecule has 0 fully saturated rings. The van der Waals surface area contributed by atoms with Crippen LogP contribution in [0.2, 0.25) is 0 Å². The largest absolute Gasteiger partial charge is 0.451 e. The van der Waals surface area contributed by atoms with Crippen LogP contribution < -0.4 is 10.6 Å². The van der Waals surface area contributed by atoms with Gasteiger partial charge in [-0.05, 0) is 12.1 Å². The van der Waals surface area contributed by atoms with Crippen molar-refractivity contribution in [2.45, 2.75) is 25.8 Å². The van der Waals surface area contributed by atoms with E-state index in [1.54, 1.807) is 12.1 Å². The van der Waals surface area contributed by atoms with Crippen molar-refractivity contribution < 1.29 is 13.2 Å². The Kier molecular flexibility index (Phi) is 3.28. The lowest BCUT2D eigenvalue weighted by molar-refractivity contribution is -0.147. The van der Waals surface area contributed by atoms with Gasteiger partial charge in [-0.2, -0.15) is 13.2 Å². The summed E-state index contributed by atoms with van der Waals surface area (Å²) >= 11 is 0. The molecule has 2 aromatic rings. The molecule has 3 rings (SSSR count). The fourth-order valence-corrected chi connectivity index (χ4v) is 2.32. The predicted octanol–water partition coefficient (Wildman–Crippen LogP) is 1.17. The molecular formula is C12H13F3N6. The van der Waals surface area contributed by atoms with Gasteiger partial charge in [0.25, 0.3) is 0 Å². The lowest BCUT2D eigenvalue weighted by atomic mass is 10.3. The summed E-state index contributed by atoms with van der Waals surface area (Å²) in [6.45, 7) is 1.14. The Hall–Kier alpha value is -2.16. The van der Waals surface area contributed by atoms with Crippen molar-refractivity contribution in [1.82, 2.24) is 19.7 Å². The zero-order chi connectivity index (χ0) is 15.0. The SMILES string of the molecule is NCc1cccc(N2CCn3c(nnc3C(F)(F)F)C2)n1. The van der Waals surface area contributed by atoms with Crippen molar-refractivity contribution >= 4 is 5.82 Å². The second-order valence-corrected chi connectivity index (χ2v) is 4.70. The second kappa shape index (κ2) is 4.99. The molecule has 0 bridgehead atoms. The Morgan fingerprint density at radius 2 is 2.00 bits per heavy atom. The number of nitrogens with zero attached hydrogens (tertiary/aromatic N) is 5. The first-order valence-corrected chi connectivity index (χ1v) is 6.39. The number of hydrogen-bond donors (Lipinski definition) is 1. The molecule has 0 amide bonds. The van der Waals surface area contributed by atoms with E-state index >= 15 is 0 Å². The van der Waals surface area contributed by atoms with Crippen LogP contribution >= 0.6 is 0 Å². The number of fused-ring (bicyclic) bond motifs is 1. The van der Waals surface area contributed by atoms with Gasteiger partial charge in [0.2, 0.25) is 5.82 Å². The summed E-state index contributed by atoms with van der Waals surface area (Å²) in [5, 5.41) is 6.89. The third-order valence-electron chi connectivity index (χ3n) is 3.33. The van der Waals surface area contributed by atoms with Crippen LogP contribution in [0.4, 0.5) is 19.0 Å². The van der Waals surface area contributed by atoms with E-state index in [1.165, 1.54) is 0 Å². The number of halogens is 3. The molecule has 0 spiro atoms. The van der Waals surface area contributed by atoms with E-state index in [-0.39, 0.29) is 18.9 Å². The Labute approximate surface area is 118 Å². The number of hydrogen-bond acceptors (Lipinski definition) is 5. The van der Waals surface area contributed by atoms with E-state index in [0.717, 1.165) is 10.3 Å². The maximum Gasteiger partial charge on any atom is 0.451 e. The molecule has 0 atom stereocenters. The average Bonchev–Trinajstić information content (AvgIpc) is 2.90. The zero-order valence-electron chi connectivity index (χ0n) is 11.0. The van der Waals surface area contributed by atoms with E-state index < -0.39 is 12.0 Å². The zero-order valence-corrected chi connectivity index (χ0v) is 11.0. The first kappa shape index (κ1) is 13.8. The van der Waals surface area contributed by atoms with Gasteiger partial charge >= 0.3 is 6.18 Å². The first-order valence-electron chi connectivity index (χ1n) is 6.39. The lowest BCUT2D eigenvalue weighted by Gasteiger charge is -2.29. The fraction of sp³-hybridized carbons (Fsp3) is 0.417. The molecule has 6 nitrogen and oxygen atoms in total. The Morgan fingerprint density at radius 1 is 1.19 bits per heavy atom. The van der Waals surface area contributed by atoms with Gasteiger partial charge in [-0.15, -0.1) is 10.2 Å². The van der Waals surface area contributed by atoms with Crippen LogP contribution in [0.15, 0.2) is 18.2 Å². The van der Waals surface area contributed by atoms with Gasteiger partial charge in [0.05, 0.1) is 12.2 Å². The summed E-state index contributed by atoms with van der Waals surface area (Å²) in [5.41, 5.74) is 6.28. The lowest BCUT2D eigenvalue weighted by Crippen LogP contribution is -2.35. The van der Waals surface area contributed by atoms with Crippen LogP contribution in [0, 0.1) is 0 Å². The summed E-state index contributed by atoms with van der Waals surface area (Å²) in [6, 6.07) is 5.43. The van der Waals surface area contributed by atoms with Crippen LogP contribution in [-0.2, 0) is 25.8 Å². The number of pyridine rings is 1. The van der Waals surface area contributed by atoms with Crippen molar-refractivity contribution in [3.05, 3.63) is 35.5 Å². The molecule has 0 unspecified atom stereocenters. The van der Waals surface area contributed by atoms with Crippen LogP contribution in [0.3, 0.4) is 0 Å². The van der Waals surface area contributed by atoms with Gasteiger partial charge in [0.1, 0.15) is 5.82 Å². The highest BCUT2D eigenvalue weighted by molar-refractivity contribution is 5.40. The van der Waals surface area contributed by atoms with Gasteiger partial charge in [0.15, 0.2) is 5.82 Å². The van der Waals surface area contributed by atoms with E-state index in [2.05, 4.69) is 15.2 Å². The maximum absolute atomic E-state index is 12.8. The highest BCUT2D eigenvalue weighted by Crippen LogP contribution is 2.30. The number of rotatable bonds is 2. The van der Waals surface area contributed by atoms with E-state index in [1.807, 2.05) is 11.0 Å². The number of nitrogens with two attached hydrogens (primary N) is 1. The molecule has 1 aliphatic heterocycles. The third kappa shape index (κ3) is 2.56. The summed E-state index contributed by atoms with van der Waals surface area (Å²) < 4.78 is 39.4. The Balaban J connectivity index is 1.86. The minimum absolute atomic E-state index is 0.172. The van der Waals surface area contributed by atoms with Crippen molar-refractivity contribution in [1.29, 1.82) is 0 Å². The van der Waals surface area contributed by atoms with Crippen molar-refractivity contribution in [2.24, 2.45) is 5.73 Å². The first-order chi connectivity index (χ1) is 9.99. The molecule has 0 saturated carbocycles. The molecule has 0 aromatic carbocycles. The van der Waals surface area contributed by atoms with Crippen LogP contribution in [-0.4, -0.2) is 26.3 Å². The standard InChI is InChI=1S/C12H13F3N6/c13-12(14,15)11-19-18-10-7-20(4-5-21(10)11)9-3-1-2-8(6-16)17-9/h1-3H,4-7,16H2. The second-order valence-electron chi connectivity index (χ2n) is 4.70. The van der Waals surface area contributed by atoms with E-state index in [0.29, 0.717) is 18.9 Å². The van der Waals surface area contributed by atoms with Crippen molar-refractivity contribution in [2.75, 3.05) is 11.4 Å². The third-order valence-corrected chi connectivity index (χ3v) is 3.33. The summed E-state index contributed by atoms with van der Waals surface area (Å²) in [5.74, 6) is 0.0232. The molecule has 0 radical (unpaired) electrons. The summed E-state index contributed by atoms with van der Waals surface area (Å²) in [4.78, 5) is 6.23. The monoisotopic (exact) mass is 298 g/mol. The molecule has 3 heterocycles. The summed E-state index contributed by atoms with van der Waals surface area (Å²) in [7, 11) is 0. The molecule has 0 aliphatic carbocycles. The van der Waals surface area contributed by atoms with Crippen LogP contribution in [0.5, 0.6) is 0 Å². The van der Waals surface area contributed by atoms with Gasteiger partial charge < -0.3 is 15.2 Å². The van der Waals surface area contributed by atoms with Crippen molar-refractivity contribution in [3.63, 3.8) is 0 Å². The number of aromatic nitrogens is 4. The van der Waals surface area contributed by atoms with Crippen LogP contribution in [0.25, 0.3) is 0 Å². The molecule has 21 heavy (non-hydrogen) atoms. The van der Waals surface area contributed by atoms with Gasteiger partial charge in [0, 0.05) is 19.6 Å². The molecule has 9 heteroatoms. The molecular weight excluding hydrogens is 285 g/mol. The van der Waals surface area contributed by atoms with Gasteiger partial charge in [-0.25, -0.2) is 4.98 Å². The normalized spacial score (nSPS) is 15.1. The molecule has 112 valence electrons. The number of alkyl halides is 3. The Bertz CT molecular complexity index is 651. The fourth-order valence-electron chi connectivity index (χ4n) is 2.32. The van der Waals surface area contributed by atoms with Crippen molar-refractivity contribution in [3.8, 4) is 0 Å². The molecule has 1 aliphatic rings. The molecule has 2 aromatic heterocycles. The van der Waals surface area contributed by atoms with Gasteiger partial charge in [-0.3, -0.25) is 0 Å². The maximum atomic E-state index is 12.8. The highest BCUT2D eigenvalue weighted by atomic mass is 19.4. The molecule has 0 saturated heterocycles. The minimum Gasteiger partial charge on any atom is -0.347 e. The average molecular weight is 298 g/mol. The van der Waals surface area contributed by atoms with Crippen LogP contribution in [0.1, 0.15) is 17.3 Å². The Morgan fingerprint density at radius 3 is 2.71 bits per heavy atom. The number of anilines is 1. The van der Waals surface area contributed by atoms with Gasteiger partial charge in [-0.1, -0.05) is 6.07 Å². The smallest absolute Gasteiger partial charge is 0.347 e. The predicted molar refractivity (Wildman–Crippen MR) is 68.2 cm³/mol. The topological polar surface area (TPSA) is 72.9 Å². The highest BCUT2D eigenvalue weighted by Gasteiger charge is 2.39.